The van der Waals surface area contributed by atoms with Crippen LogP contribution in [0.2, 0.25) is 10.0 Å². The number of para-hydroxylation sites is 2. The molecule has 0 aliphatic rings. The number of rotatable bonds is 8. The molecular formula is C19H20Cl2N2O4. The van der Waals surface area contributed by atoms with Crippen LogP contribution in [-0.2, 0) is 25.5 Å². The van der Waals surface area contributed by atoms with E-state index in [0.717, 1.165) is 0 Å². The fourth-order valence-corrected chi connectivity index (χ4v) is 2.87. The number of ether oxygens (including phenoxy) is 2. The van der Waals surface area contributed by atoms with Gasteiger partial charge in [0.2, 0.25) is 0 Å². The normalized spacial score (nSPS) is 11.6. The van der Waals surface area contributed by atoms with Crippen molar-refractivity contribution < 1.29 is 19.1 Å². The topological polar surface area (TPSA) is 90.7 Å². The molecular weight excluding hydrogens is 391 g/mol. The van der Waals surface area contributed by atoms with E-state index in [-0.39, 0.29) is 19.4 Å². The Bertz CT molecular complexity index is 794. The highest BCUT2D eigenvalue weighted by Gasteiger charge is 2.19. The highest BCUT2D eigenvalue weighted by atomic mass is 35.5. The lowest BCUT2D eigenvalue weighted by Gasteiger charge is -2.17. The van der Waals surface area contributed by atoms with E-state index in [2.05, 4.69) is 10.1 Å². The summed E-state index contributed by atoms with van der Waals surface area (Å²) in [6.07, 6.45) is -0.834. The third kappa shape index (κ3) is 6.13. The number of anilines is 2. The summed E-state index contributed by atoms with van der Waals surface area (Å²) in [5.41, 5.74) is 7.46. The minimum Gasteiger partial charge on any atom is -0.469 e. The van der Waals surface area contributed by atoms with Gasteiger partial charge in [-0.1, -0.05) is 47.5 Å². The lowest BCUT2D eigenvalue weighted by Crippen LogP contribution is -2.30. The van der Waals surface area contributed by atoms with Gasteiger partial charge in [-0.05, 0) is 23.8 Å². The van der Waals surface area contributed by atoms with E-state index in [1.54, 1.807) is 36.4 Å². The number of carbonyl (C=O) groups is 2. The van der Waals surface area contributed by atoms with Gasteiger partial charge in [0.1, 0.15) is 6.10 Å². The summed E-state index contributed by atoms with van der Waals surface area (Å²) < 4.78 is 9.85. The molecule has 0 fully saturated rings. The summed E-state index contributed by atoms with van der Waals surface area (Å²) in [5.74, 6) is -0.998. The third-order valence-electron chi connectivity index (χ3n) is 3.76. The first kappa shape index (κ1) is 21.0. The summed E-state index contributed by atoms with van der Waals surface area (Å²) in [6.45, 7) is 0.0238. The van der Waals surface area contributed by atoms with Gasteiger partial charge in [-0.3, -0.25) is 9.59 Å². The van der Waals surface area contributed by atoms with Crippen LogP contribution in [-0.4, -0.2) is 31.7 Å². The Morgan fingerprint density at radius 2 is 1.74 bits per heavy atom. The van der Waals surface area contributed by atoms with Gasteiger partial charge in [-0.15, -0.1) is 0 Å². The molecule has 2 aromatic rings. The lowest BCUT2D eigenvalue weighted by molar-refractivity contribution is -0.152. The Hall–Kier alpha value is -2.28. The monoisotopic (exact) mass is 410 g/mol. The minimum atomic E-state index is -0.733. The van der Waals surface area contributed by atoms with Gasteiger partial charge < -0.3 is 20.5 Å². The fraction of sp³-hybridized carbons (Fsp3) is 0.263. The Balaban J connectivity index is 2.11. The summed E-state index contributed by atoms with van der Waals surface area (Å²) in [6, 6.07) is 12.4. The van der Waals surface area contributed by atoms with Crippen molar-refractivity contribution in [1.29, 1.82) is 0 Å². The van der Waals surface area contributed by atoms with Crippen molar-refractivity contribution in [2.24, 2.45) is 5.73 Å². The van der Waals surface area contributed by atoms with Gasteiger partial charge in [-0.2, -0.15) is 0 Å². The van der Waals surface area contributed by atoms with Crippen LogP contribution < -0.4 is 11.1 Å². The number of hydrogen-bond acceptors (Lipinski definition) is 6. The predicted molar refractivity (Wildman–Crippen MR) is 105 cm³/mol. The Morgan fingerprint density at radius 3 is 2.37 bits per heavy atom. The van der Waals surface area contributed by atoms with Crippen molar-refractivity contribution in [1.82, 2.24) is 0 Å². The summed E-state index contributed by atoms with van der Waals surface area (Å²) in [5, 5.41) is 4.07. The van der Waals surface area contributed by atoms with Crippen LogP contribution in [0, 0.1) is 0 Å². The maximum absolute atomic E-state index is 12.3. The maximum atomic E-state index is 12.3. The van der Waals surface area contributed by atoms with Crippen molar-refractivity contribution in [3.63, 3.8) is 0 Å². The molecule has 0 aliphatic heterocycles. The van der Waals surface area contributed by atoms with Gasteiger partial charge in [-0.25, -0.2) is 0 Å². The number of esters is 2. The van der Waals surface area contributed by atoms with Crippen LogP contribution in [0.5, 0.6) is 0 Å². The second-order valence-electron chi connectivity index (χ2n) is 5.68. The first-order chi connectivity index (χ1) is 12.9. The number of nitrogens with two attached hydrogens (primary N) is 1. The Kier molecular flexibility index (Phi) is 7.91. The second-order valence-corrected chi connectivity index (χ2v) is 6.50. The zero-order chi connectivity index (χ0) is 19.8. The summed E-state index contributed by atoms with van der Waals surface area (Å²) >= 11 is 12.4. The first-order valence-corrected chi connectivity index (χ1v) is 8.95. The molecule has 2 aromatic carbocycles. The third-order valence-corrected chi connectivity index (χ3v) is 4.39. The van der Waals surface area contributed by atoms with Gasteiger partial charge in [0, 0.05) is 12.2 Å². The summed E-state index contributed by atoms with van der Waals surface area (Å²) in [4.78, 5) is 23.6. The van der Waals surface area contributed by atoms with E-state index in [4.69, 9.17) is 33.7 Å². The minimum absolute atomic E-state index is 0.0110. The summed E-state index contributed by atoms with van der Waals surface area (Å²) in [7, 11) is 1.26. The van der Waals surface area contributed by atoms with Crippen LogP contribution in [0.25, 0.3) is 0 Å². The molecule has 1 unspecified atom stereocenters. The molecule has 0 aromatic heterocycles. The molecule has 0 bridgehead atoms. The molecule has 0 amide bonds. The van der Waals surface area contributed by atoms with Crippen molar-refractivity contribution >= 4 is 46.5 Å². The molecule has 6 nitrogen and oxygen atoms in total. The second kappa shape index (κ2) is 10.2. The quantitative estimate of drug-likeness (QED) is 0.644. The largest absolute Gasteiger partial charge is 0.469 e. The van der Waals surface area contributed by atoms with Crippen molar-refractivity contribution in [2.45, 2.75) is 18.9 Å². The SMILES string of the molecule is COC(=O)CC(CN)OC(=O)Cc1ccccc1Nc1c(Cl)cccc1Cl. The van der Waals surface area contributed by atoms with E-state index in [9.17, 15) is 9.59 Å². The van der Waals surface area contributed by atoms with E-state index in [1.165, 1.54) is 7.11 Å². The maximum Gasteiger partial charge on any atom is 0.310 e. The van der Waals surface area contributed by atoms with Crippen LogP contribution >= 0.6 is 23.2 Å². The van der Waals surface area contributed by atoms with E-state index >= 15 is 0 Å². The first-order valence-electron chi connectivity index (χ1n) is 8.20. The number of halogens is 2. The van der Waals surface area contributed by atoms with Gasteiger partial charge in [0.15, 0.2) is 0 Å². The van der Waals surface area contributed by atoms with E-state index in [1.807, 2.05) is 6.07 Å². The molecule has 0 spiro atoms. The number of carbonyl (C=O) groups excluding carboxylic acids is 2. The Morgan fingerprint density at radius 1 is 1.07 bits per heavy atom. The highest BCUT2D eigenvalue weighted by molar-refractivity contribution is 6.39. The molecule has 27 heavy (non-hydrogen) atoms. The molecule has 0 radical (unpaired) electrons. The molecule has 1 atom stereocenters. The number of nitrogens with one attached hydrogen (secondary N) is 1. The van der Waals surface area contributed by atoms with Crippen LogP contribution in [0.1, 0.15) is 12.0 Å². The zero-order valence-corrected chi connectivity index (χ0v) is 16.2. The molecule has 144 valence electrons. The van der Waals surface area contributed by atoms with Gasteiger partial charge in [0.05, 0.1) is 35.7 Å². The molecule has 0 heterocycles. The molecule has 0 aliphatic carbocycles. The van der Waals surface area contributed by atoms with Gasteiger partial charge >= 0.3 is 11.9 Å². The smallest absolute Gasteiger partial charge is 0.310 e. The van der Waals surface area contributed by atoms with Crippen LogP contribution in [0.4, 0.5) is 11.4 Å². The molecule has 3 N–H and O–H groups in total. The average Bonchev–Trinajstić information content (AvgIpc) is 2.65. The number of methoxy groups -OCH3 is 1. The fourth-order valence-electron chi connectivity index (χ4n) is 2.37. The lowest BCUT2D eigenvalue weighted by atomic mass is 10.1. The van der Waals surface area contributed by atoms with Crippen molar-refractivity contribution in [2.75, 3.05) is 19.0 Å². The highest BCUT2D eigenvalue weighted by Crippen LogP contribution is 2.33. The van der Waals surface area contributed by atoms with E-state index in [0.29, 0.717) is 27.0 Å². The molecule has 0 saturated heterocycles. The average molecular weight is 411 g/mol. The van der Waals surface area contributed by atoms with Crippen LogP contribution in [0.15, 0.2) is 42.5 Å². The van der Waals surface area contributed by atoms with Gasteiger partial charge in [0.25, 0.3) is 0 Å². The predicted octanol–water partition coefficient (Wildman–Crippen LogP) is 3.71. The van der Waals surface area contributed by atoms with E-state index < -0.39 is 18.0 Å². The number of benzene rings is 2. The standard InChI is InChI=1S/C19H20Cl2N2O4/c1-26-17(24)10-13(11-22)27-18(25)9-12-5-2-3-8-16(12)23-19-14(20)6-4-7-15(19)21/h2-8,13,23H,9-11,22H2,1H3. The molecule has 8 heteroatoms. The molecule has 2 rings (SSSR count). The van der Waals surface area contributed by atoms with Crippen LogP contribution in [0.3, 0.4) is 0 Å². The van der Waals surface area contributed by atoms with Crippen molar-refractivity contribution in [3.05, 3.63) is 58.1 Å². The number of hydrogen-bond donors (Lipinski definition) is 2. The Labute approximate surface area is 167 Å². The molecule has 0 saturated carbocycles. The zero-order valence-electron chi connectivity index (χ0n) is 14.7. The van der Waals surface area contributed by atoms with Crippen molar-refractivity contribution in [3.8, 4) is 0 Å².